The fourth-order valence-electron chi connectivity index (χ4n) is 3.39. The summed E-state index contributed by atoms with van der Waals surface area (Å²) in [6, 6.07) is 20.4. The van der Waals surface area contributed by atoms with Gasteiger partial charge in [-0.3, -0.25) is 0 Å². The number of ether oxygens (including phenoxy) is 2. The maximum absolute atomic E-state index is 13.3. The van der Waals surface area contributed by atoms with E-state index in [1.54, 1.807) is 37.7 Å². The lowest BCUT2D eigenvalue weighted by molar-refractivity contribution is 0.354. The molecule has 4 rings (SSSR count). The van der Waals surface area contributed by atoms with Crippen molar-refractivity contribution in [3.05, 3.63) is 92.8 Å². The molecule has 0 aliphatic rings. The summed E-state index contributed by atoms with van der Waals surface area (Å²) < 4.78 is 27.3. The number of aromatic nitrogens is 1. The summed E-state index contributed by atoms with van der Waals surface area (Å²) in [5, 5.41) is 2.11. The van der Waals surface area contributed by atoms with Crippen LogP contribution in [0.2, 0.25) is 0 Å². The molecule has 3 aromatic carbocycles. The fraction of sp³-hybridized carbons (Fsp3) is 0.160. The molecule has 0 fully saturated rings. The van der Waals surface area contributed by atoms with Gasteiger partial charge in [0, 0.05) is 16.4 Å². The number of hydrogen-bond donors (Lipinski definition) is 0. The molecule has 0 unspecified atom stereocenters. The predicted molar refractivity (Wildman–Crippen MR) is 130 cm³/mol. The van der Waals surface area contributed by atoms with E-state index in [9.17, 15) is 4.39 Å². The highest BCUT2D eigenvalue weighted by Gasteiger charge is 2.10. The van der Waals surface area contributed by atoms with Crippen LogP contribution in [0.5, 0.6) is 11.5 Å². The topological polar surface area (TPSA) is 35.8 Å². The first-order chi connectivity index (χ1) is 15.6. The van der Waals surface area contributed by atoms with Gasteiger partial charge in [-0.05, 0) is 66.1 Å². The van der Waals surface area contributed by atoms with E-state index in [1.807, 2.05) is 30.3 Å². The number of aryl methyl sites for hydroxylation is 1. The molecular formula is C25H22BrFN2O2S. The van der Waals surface area contributed by atoms with Crippen LogP contribution in [0.3, 0.4) is 0 Å². The lowest BCUT2D eigenvalue weighted by Crippen LogP contribution is -2.17. The summed E-state index contributed by atoms with van der Waals surface area (Å²) in [6.45, 7) is 0.727. The molecule has 0 atom stereocenters. The molecule has 0 amide bonds. The van der Waals surface area contributed by atoms with Gasteiger partial charge in [0.05, 0.1) is 25.6 Å². The minimum absolute atomic E-state index is 0.271. The summed E-state index contributed by atoms with van der Waals surface area (Å²) in [7, 11) is 3.27. The largest absolute Gasteiger partial charge is 0.493 e. The average molecular weight is 513 g/mol. The zero-order chi connectivity index (χ0) is 22.5. The maximum Gasteiger partial charge on any atom is 0.190 e. The minimum atomic E-state index is -0.271. The monoisotopic (exact) mass is 512 g/mol. The molecule has 164 valence electrons. The van der Waals surface area contributed by atoms with Crippen LogP contribution in [0.1, 0.15) is 5.56 Å². The molecule has 0 bridgehead atoms. The van der Waals surface area contributed by atoms with Crippen molar-refractivity contribution < 1.29 is 13.9 Å². The number of halogens is 2. The van der Waals surface area contributed by atoms with Gasteiger partial charge >= 0.3 is 0 Å². The highest BCUT2D eigenvalue weighted by Crippen LogP contribution is 2.28. The number of benzene rings is 3. The Morgan fingerprint density at radius 1 is 0.938 bits per heavy atom. The van der Waals surface area contributed by atoms with E-state index >= 15 is 0 Å². The Kier molecular flexibility index (Phi) is 7.07. The molecule has 4 aromatic rings. The van der Waals surface area contributed by atoms with E-state index in [0.717, 1.165) is 44.7 Å². The Bertz CT molecular complexity index is 1260. The van der Waals surface area contributed by atoms with Gasteiger partial charge in [0.25, 0.3) is 0 Å². The normalized spacial score (nSPS) is 11.6. The Balaban J connectivity index is 1.71. The first kappa shape index (κ1) is 22.3. The highest BCUT2D eigenvalue weighted by molar-refractivity contribution is 9.10. The first-order valence-corrected chi connectivity index (χ1v) is 11.7. The van der Waals surface area contributed by atoms with E-state index < -0.39 is 0 Å². The van der Waals surface area contributed by atoms with Crippen LogP contribution in [-0.2, 0) is 13.0 Å². The molecule has 0 N–H and O–H groups in total. The van der Waals surface area contributed by atoms with E-state index in [2.05, 4.69) is 38.0 Å². The second kappa shape index (κ2) is 10.1. The Labute approximate surface area is 198 Å². The van der Waals surface area contributed by atoms with Crippen molar-refractivity contribution in [3.63, 3.8) is 0 Å². The maximum atomic E-state index is 13.3. The number of rotatable bonds is 7. The molecule has 4 nitrogen and oxygen atoms in total. The smallest absolute Gasteiger partial charge is 0.190 e. The molecule has 0 aliphatic heterocycles. The van der Waals surface area contributed by atoms with Crippen molar-refractivity contribution in [1.29, 1.82) is 0 Å². The molecule has 0 spiro atoms. The summed E-state index contributed by atoms with van der Waals surface area (Å²) in [4.78, 5) is 5.64. The Morgan fingerprint density at radius 2 is 1.66 bits per heavy atom. The second-order valence-electron chi connectivity index (χ2n) is 7.09. The van der Waals surface area contributed by atoms with E-state index in [4.69, 9.17) is 14.5 Å². The molecule has 32 heavy (non-hydrogen) atoms. The van der Waals surface area contributed by atoms with Crippen LogP contribution >= 0.6 is 27.3 Å². The van der Waals surface area contributed by atoms with E-state index in [1.165, 1.54) is 12.1 Å². The third-order valence-electron chi connectivity index (χ3n) is 5.06. The molecule has 0 saturated heterocycles. The number of hydrogen-bond acceptors (Lipinski definition) is 4. The Hall–Kier alpha value is -2.90. The molecular weight excluding hydrogens is 491 g/mol. The zero-order valence-electron chi connectivity index (χ0n) is 17.7. The quantitative estimate of drug-likeness (QED) is 0.279. The van der Waals surface area contributed by atoms with Crippen LogP contribution in [0, 0.1) is 5.82 Å². The Morgan fingerprint density at radius 3 is 2.34 bits per heavy atom. The van der Waals surface area contributed by atoms with E-state index in [-0.39, 0.29) is 5.82 Å². The number of methoxy groups -OCH3 is 2. The average Bonchev–Trinajstić information content (AvgIpc) is 3.21. The SMILES string of the molecule is COc1ccc(CCn2c(-c3ccc(Br)cc3)csc2=Nc2ccc(F)cc2)cc1OC. The predicted octanol–water partition coefficient (Wildman–Crippen LogP) is 6.61. The third kappa shape index (κ3) is 5.11. The zero-order valence-corrected chi connectivity index (χ0v) is 20.1. The van der Waals surface area contributed by atoms with E-state index in [0.29, 0.717) is 11.5 Å². The van der Waals surface area contributed by atoms with Gasteiger partial charge in [-0.15, -0.1) is 11.3 Å². The number of nitrogens with zero attached hydrogens (tertiary/aromatic N) is 2. The summed E-state index contributed by atoms with van der Waals surface area (Å²) in [5.74, 6) is 1.15. The minimum Gasteiger partial charge on any atom is -0.493 e. The molecule has 7 heteroatoms. The molecule has 1 aromatic heterocycles. The standard InChI is InChI=1S/C25H22BrFN2O2S/c1-30-23-12-3-17(15-24(23)31-2)13-14-29-22(18-4-6-19(26)7-5-18)16-32-25(29)28-21-10-8-20(27)9-11-21/h3-12,15-16H,13-14H2,1-2H3. The van der Waals surface area contributed by atoms with Crippen LogP contribution in [0.25, 0.3) is 11.3 Å². The molecule has 1 heterocycles. The van der Waals surface area contributed by atoms with Gasteiger partial charge in [-0.25, -0.2) is 9.38 Å². The number of thiazole rings is 1. The van der Waals surface area contributed by atoms with Crippen molar-refractivity contribution in [3.8, 4) is 22.8 Å². The van der Waals surface area contributed by atoms with Crippen molar-refractivity contribution >= 4 is 33.0 Å². The van der Waals surface area contributed by atoms with Crippen LogP contribution < -0.4 is 14.3 Å². The van der Waals surface area contributed by atoms with Crippen molar-refractivity contribution in [2.75, 3.05) is 14.2 Å². The molecule has 0 aliphatic carbocycles. The van der Waals surface area contributed by atoms with Crippen LogP contribution in [0.4, 0.5) is 10.1 Å². The first-order valence-electron chi connectivity index (χ1n) is 10.0. The van der Waals surface area contributed by atoms with Crippen LogP contribution in [0.15, 0.2) is 81.6 Å². The third-order valence-corrected chi connectivity index (χ3v) is 6.45. The van der Waals surface area contributed by atoms with Gasteiger partial charge in [-0.2, -0.15) is 0 Å². The van der Waals surface area contributed by atoms with Gasteiger partial charge < -0.3 is 14.0 Å². The molecule has 0 saturated carbocycles. The second-order valence-corrected chi connectivity index (χ2v) is 8.84. The summed E-state index contributed by atoms with van der Waals surface area (Å²) in [5.41, 5.74) is 4.05. The fourth-order valence-corrected chi connectivity index (χ4v) is 4.61. The lowest BCUT2D eigenvalue weighted by Gasteiger charge is -2.12. The van der Waals surface area contributed by atoms with Gasteiger partial charge in [0.15, 0.2) is 16.3 Å². The highest BCUT2D eigenvalue weighted by atomic mass is 79.9. The van der Waals surface area contributed by atoms with Crippen molar-refractivity contribution in [2.45, 2.75) is 13.0 Å². The van der Waals surface area contributed by atoms with Gasteiger partial charge in [0.1, 0.15) is 5.82 Å². The summed E-state index contributed by atoms with van der Waals surface area (Å²) in [6.07, 6.45) is 0.789. The van der Waals surface area contributed by atoms with Crippen molar-refractivity contribution in [2.24, 2.45) is 4.99 Å². The van der Waals surface area contributed by atoms with Gasteiger partial charge in [-0.1, -0.05) is 34.1 Å². The van der Waals surface area contributed by atoms with Gasteiger partial charge in [0.2, 0.25) is 0 Å². The van der Waals surface area contributed by atoms with Crippen LogP contribution in [-0.4, -0.2) is 18.8 Å². The molecule has 0 radical (unpaired) electrons. The summed E-state index contributed by atoms with van der Waals surface area (Å²) >= 11 is 5.07. The lowest BCUT2D eigenvalue weighted by atomic mass is 10.1. The van der Waals surface area contributed by atoms with Crippen molar-refractivity contribution in [1.82, 2.24) is 4.57 Å².